The Balaban J connectivity index is 3.11. The first-order valence-electron chi connectivity index (χ1n) is 8.71. The molecule has 0 unspecified atom stereocenters. The molecule has 0 aromatic heterocycles. The lowest BCUT2D eigenvalue weighted by atomic mass is 10.2. The Hall–Kier alpha value is -0.730. The minimum atomic E-state index is -0.127. The van der Waals surface area contributed by atoms with E-state index in [0.717, 1.165) is 6.61 Å². The highest BCUT2D eigenvalue weighted by Crippen LogP contribution is 1.92. The molecule has 7 nitrogen and oxygen atoms in total. The van der Waals surface area contributed by atoms with Crippen molar-refractivity contribution in [1.29, 1.82) is 0 Å². The van der Waals surface area contributed by atoms with E-state index < -0.39 is 0 Å². The number of carbonyl (C=O) groups excluding carboxylic acids is 1. The van der Waals surface area contributed by atoms with Crippen LogP contribution < -0.4 is 5.32 Å². The second-order valence-corrected chi connectivity index (χ2v) is 6.02. The number of nitrogens with one attached hydrogen (secondary N) is 1. The van der Waals surface area contributed by atoms with Crippen LogP contribution in [-0.4, -0.2) is 78.0 Å². The van der Waals surface area contributed by atoms with Crippen LogP contribution in [0.4, 0.5) is 0 Å². The van der Waals surface area contributed by atoms with Gasteiger partial charge < -0.3 is 29.0 Å². The van der Waals surface area contributed by atoms with Gasteiger partial charge in [0.2, 0.25) is 5.91 Å². The van der Waals surface area contributed by atoms with Crippen LogP contribution >= 0.6 is 0 Å². The van der Waals surface area contributed by atoms with Crippen LogP contribution in [0.5, 0.6) is 0 Å². The Morgan fingerprint density at radius 2 is 1.29 bits per heavy atom. The second kappa shape index (κ2) is 17.1. The van der Waals surface area contributed by atoms with Crippen molar-refractivity contribution in [2.75, 3.05) is 66.0 Å². The summed E-state index contributed by atoms with van der Waals surface area (Å²) in [5, 5.41) is 2.72. The molecule has 0 fully saturated rings. The molecule has 144 valence electrons. The molecule has 0 aromatic carbocycles. The largest absolute Gasteiger partial charge is 0.379 e. The lowest BCUT2D eigenvalue weighted by Gasteiger charge is -2.09. The Bertz CT molecular complexity index is 286. The molecule has 1 N–H and O–H groups in total. The highest BCUT2D eigenvalue weighted by Gasteiger charge is 2.02. The summed E-state index contributed by atoms with van der Waals surface area (Å²) in [6, 6.07) is 0. The van der Waals surface area contributed by atoms with Crippen LogP contribution in [0.3, 0.4) is 0 Å². The Morgan fingerprint density at radius 1 is 0.792 bits per heavy atom. The van der Waals surface area contributed by atoms with Gasteiger partial charge in [0, 0.05) is 13.2 Å². The predicted octanol–water partition coefficient (Wildman–Crippen LogP) is 1.25. The quantitative estimate of drug-likeness (QED) is 0.398. The molecule has 1 amide bonds. The van der Waals surface area contributed by atoms with Crippen LogP contribution in [0.2, 0.25) is 0 Å². The molecule has 0 rings (SSSR count). The van der Waals surface area contributed by atoms with Gasteiger partial charge >= 0.3 is 0 Å². The fourth-order valence-corrected chi connectivity index (χ4v) is 1.53. The van der Waals surface area contributed by atoms with Crippen molar-refractivity contribution in [2.24, 2.45) is 5.92 Å². The smallest absolute Gasteiger partial charge is 0.246 e. The standard InChI is InChI=1S/C17H35NO6/c1-15(2)13-23-12-11-22-10-9-21-8-7-20-6-5-18-17(19)14-24-16(3)4/h15-16H,5-14H2,1-4H3,(H,18,19). The van der Waals surface area contributed by atoms with E-state index in [1.54, 1.807) is 0 Å². The first-order valence-corrected chi connectivity index (χ1v) is 8.71. The molecule has 0 aromatic rings. The maximum absolute atomic E-state index is 11.3. The van der Waals surface area contributed by atoms with Crippen molar-refractivity contribution in [3.05, 3.63) is 0 Å². The summed E-state index contributed by atoms with van der Waals surface area (Å²) in [6.07, 6.45) is 0.0562. The van der Waals surface area contributed by atoms with E-state index in [-0.39, 0.29) is 18.6 Å². The average molecular weight is 349 g/mol. The van der Waals surface area contributed by atoms with E-state index in [4.69, 9.17) is 23.7 Å². The highest BCUT2D eigenvalue weighted by atomic mass is 16.6. The Morgan fingerprint density at radius 3 is 1.79 bits per heavy atom. The number of rotatable bonds is 17. The first kappa shape index (κ1) is 23.3. The van der Waals surface area contributed by atoms with Crippen molar-refractivity contribution in [3.63, 3.8) is 0 Å². The molecule has 0 aliphatic carbocycles. The zero-order chi connectivity index (χ0) is 18.0. The summed E-state index contributed by atoms with van der Waals surface area (Å²) in [5.74, 6) is 0.424. The van der Waals surface area contributed by atoms with E-state index in [2.05, 4.69) is 19.2 Å². The lowest BCUT2D eigenvalue weighted by molar-refractivity contribution is -0.127. The van der Waals surface area contributed by atoms with E-state index in [0.29, 0.717) is 58.7 Å². The van der Waals surface area contributed by atoms with E-state index >= 15 is 0 Å². The first-order chi connectivity index (χ1) is 11.5. The van der Waals surface area contributed by atoms with Crippen LogP contribution in [-0.2, 0) is 28.5 Å². The van der Waals surface area contributed by atoms with Gasteiger partial charge in [-0.3, -0.25) is 4.79 Å². The summed E-state index contributed by atoms with van der Waals surface area (Å²) in [5.41, 5.74) is 0. The molecule has 0 aliphatic rings. The highest BCUT2D eigenvalue weighted by molar-refractivity contribution is 5.77. The minimum Gasteiger partial charge on any atom is -0.379 e. The summed E-state index contributed by atoms with van der Waals surface area (Å²) >= 11 is 0. The van der Waals surface area contributed by atoms with Crippen molar-refractivity contribution in [3.8, 4) is 0 Å². The van der Waals surface area contributed by atoms with Gasteiger partial charge in [-0.15, -0.1) is 0 Å². The summed E-state index contributed by atoms with van der Waals surface area (Å²) in [7, 11) is 0. The monoisotopic (exact) mass is 349 g/mol. The van der Waals surface area contributed by atoms with Gasteiger partial charge in [0.05, 0.1) is 52.4 Å². The maximum atomic E-state index is 11.3. The molecule has 0 saturated heterocycles. The van der Waals surface area contributed by atoms with Gasteiger partial charge in [-0.25, -0.2) is 0 Å². The van der Waals surface area contributed by atoms with Crippen molar-refractivity contribution in [2.45, 2.75) is 33.8 Å². The Labute approximate surface area is 146 Å². The van der Waals surface area contributed by atoms with Crippen molar-refractivity contribution in [1.82, 2.24) is 5.32 Å². The van der Waals surface area contributed by atoms with Crippen LogP contribution in [0, 0.1) is 5.92 Å². The van der Waals surface area contributed by atoms with Crippen molar-refractivity contribution >= 4 is 5.91 Å². The van der Waals surface area contributed by atoms with Crippen LogP contribution in [0.15, 0.2) is 0 Å². The topological polar surface area (TPSA) is 75.3 Å². The normalized spacial score (nSPS) is 11.4. The molecule has 0 heterocycles. The molecule has 0 bridgehead atoms. The number of hydrogen-bond acceptors (Lipinski definition) is 6. The van der Waals surface area contributed by atoms with Gasteiger partial charge in [0.1, 0.15) is 6.61 Å². The summed E-state index contributed by atoms with van der Waals surface area (Å²) in [4.78, 5) is 11.3. The summed E-state index contributed by atoms with van der Waals surface area (Å²) < 4.78 is 26.7. The van der Waals surface area contributed by atoms with Crippen LogP contribution in [0.25, 0.3) is 0 Å². The minimum absolute atomic E-state index is 0.0562. The van der Waals surface area contributed by atoms with E-state index in [1.807, 2.05) is 13.8 Å². The van der Waals surface area contributed by atoms with Gasteiger partial charge in [0.25, 0.3) is 0 Å². The third kappa shape index (κ3) is 19.3. The average Bonchev–Trinajstić information content (AvgIpc) is 2.52. The lowest BCUT2D eigenvalue weighted by Crippen LogP contribution is -2.31. The molecule has 0 saturated carbocycles. The van der Waals surface area contributed by atoms with Gasteiger partial charge in [-0.2, -0.15) is 0 Å². The second-order valence-electron chi connectivity index (χ2n) is 6.02. The zero-order valence-electron chi connectivity index (χ0n) is 15.7. The molecular formula is C17H35NO6. The molecule has 0 spiro atoms. The molecule has 24 heavy (non-hydrogen) atoms. The van der Waals surface area contributed by atoms with Crippen LogP contribution in [0.1, 0.15) is 27.7 Å². The third-order valence-electron chi connectivity index (χ3n) is 2.68. The zero-order valence-corrected chi connectivity index (χ0v) is 15.7. The van der Waals surface area contributed by atoms with Gasteiger partial charge in [0.15, 0.2) is 0 Å². The molecular weight excluding hydrogens is 314 g/mol. The van der Waals surface area contributed by atoms with Crippen molar-refractivity contribution < 1.29 is 28.5 Å². The fourth-order valence-electron chi connectivity index (χ4n) is 1.53. The fraction of sp³-hybridized carbons (Fsp3) is 0.941. The predicted molar refractivity (Wildman–Crippen MR) is 92.2 cm³/mol. The SMILES string of the molecule is CC(C)COCCOCCOCCOCCNC(=O)COC(C)C. The Kier molecular flexibility index (Phi) is 16.6. The maximum Gasteiger partial charge on any atom is 0.246 e. The number of hydrogen-bond donors (Lipinski definition) is 1. The third-order valence-corrected chi connectivity index (χ3v) is 2.68. The number of carbonyl (C=O) groups is 1. The van der Waals surface area contributed by atoms with Gasteiger partial charge in [-0.1, -0.05) is 13.8 Å². The molecule has 7 heteroatoms. The van der Waals surface area contributed by atoms with Gasteiger partial charge in [-0.05, 0) is 19.8 Å². The summed E-state index contributed by atoms with van der Waals surface area (Å²) in [6.45, 7) is 13.1. The van der Waals surface area contributed by atoms with E-state index in [9.17, 15) is 4.79 Å². The molecule has 0 aliphatic heterocycles. The number of amides is 1. The molecule has 0 radical (unpaired) electrons. The molecule has 0 atom stereocenters. The van der Waals surface area contributed by atoms with E-state index in [1.165, 1.54) is 0 Å². The number of ether oxygens (including phenoxy) is 5.